The molecule has 0 aliphatic heterocycles. The molecule has 0 unspecified atom stereocenters. The lowest BCUT2D eigenvalue weighted by molar-refractivity contribution is 0.385. The van der Waals surface area contributed by atoms with Crippen molar-refractivity contribution in [1.29, 1.82) is 0 Å². The molecule has 0 bridgehead atoms. The predicted molar refractivity (Wildman–Crippen MR) is 62.9 cm³/mol. The van der Waals surface area contributed by atoms with Crippen molar-refractivity contribution in [2.75, 3.05) is 6.54 Å². The molecule has 0 aliphatic rings. The lowest BCUT2D eigenvalue weighted by Crippen LogP contribution is -2.22. The summed E-state index contributed by atoms with van der Waals surface area (Å²) < 4.78 is 12.6. The van der Waals surface area contributed by atoms with Gasteiger partial charge in [-0.25, -0.2) is 4.39 Å². The van der Waals surface area contributed by atoms with Gasteiger partial charge in [0.15, 0.2) is 0 Å². The van der Waals surface area contributed by atoms with Crippen LogP contribution in [-0.4, -0.2) is 6.54 Å². The average Bonchev–Trinajstić information content (AvgIpc) is 2.21. The van der Waals surface area contributed by atoms with Crippen molar-refractivity contribution in [3.63, 3.8) is 0 Å². The maximum atomic E-state index is 12.6. The summed E-state index contributed by atoms with van der Waals surface area (Å²) in [5.74, 6) is -0.200. The number of nitrogens with two attached hydrogens (primary N) is 1. The molecule has 82 valence electrons. The van der Waals surface area contributed by atoms with Crippen LogP contribution in [0.15, 0.2) is 30.3 Å². The SMILES string of the molecule is CC(C)(CN)C/C=C/c1ccc(F)cc1. The number of rotatable bonds is 4. The van der Waals surface area contributed by atoms with E-state index in [2.05, 4.69) is 19.9 Å². The molecule has 0 radical (unpaired) electrons. The molecule has 15 heavy (non-hydrogen) atoms. The van der Waals surface area contributed by atoms with E-state index in [0.717, 1.165) is 12.0 Å². The Morgan fingerprint density at radius 3 is 2.40 bits per heavy atom. The zero-order chi connectivity index (χ0) is 11.3. The predicted octanol–water partition coefficient (Wildman–Crippen LogP) is 3.21. The van der Waals surface area contributed by atoms with E-state index in [4.69, 9.17) is 5.73 Å². The van der Waals surface area contributed by atoms with Gasteiger partial charge in [-0.2, -0.15) is 0 Å². The fourth-order valence-corrected chi connectivity index (χ4v) is 1.17. The minimum atomic E-state index is -0.200. The van der Waals surface area contributed by atoms with Crippen LogP contribution in [0.3, 0.4) is 0 Å². The largest absolute Gasteiger partial charge is 0.330 e. The number of allylic oxidation sites excluding steroid dienone is 1. The van der Waals surface area contributed by atoms with E-state index >= 15 is 0 Å². The summed E-state index contributed by atoms with van der Waals surface area (Å²) in [5, 5.41) is 0. The first-order valence-corrected chi connectivity index (χ1v) is 5.16. The molecular weight excluding hydrogens is 189 g/mol. The third-order valence-electron chi connectivity index (χ3n) is 2.40. The van der Waals surface area contributed by atoms with E-state index in [1.54, 1.807) is 12.1 Å². The first-order valence-electron chi connectivity index (χ1n) is 5.16. The Balaban J connectivity index is 2.55. The van der Waals surface area contributed by atoms with E-state index in [-0.39, 0.29) is 11.2 Å². The number of halogens is 1. The van der Waals surface area contributed by atoms with Gasteiger partial charge in [-0.1, -0.05) is 38.1 Å². The summed E-state index contributed by atoms with van der Waals surface area (Å²) in [6.07, 6.45) is 5.01. The summed E-state index contributed by atoms with van der Waals surface area (Å²) in [4.78, 5) is 0. The molecule has 0 saturated heterocycles. The molecule has 2 heteroatoms. The van der Waals surface area contributed by atoms with Gasteiger partial charge in [0.25, 0.3) is 0 Å². The van der Waals surface area contributed by atoms with Gasteiger partial charge < -0.3 is 5.73 Å². The Morgan fingerprint density at radius 1 is 1.27 bits per heavy atom. The quantitative estimate of drug-likeness (QED) is 0.806. The Bertz CT molecular complexity index is 325. The molecule has 0 fully saturated rings. The van der Waals surface area contributed by atoms with Crippen LogP contribution in [0.5, 0.6) is 0 Å². The molecular formula is C13H18FN. The van der Waals surface area contributed by atoms with Gasteiger partial charge in [0.1, 0.15) is 5.82 Å². The molecule has 0 amide bonds. The van der Waals surface area contributed by atoms with Crippen LogP contribution >= 0.6 is 0 Å². The van der Waals surface area contributed by atoms with Crippen molar-refractivity contribution in [1.82, 2.24) is 0 Å². The van der Waals surface area contributed by atoms with Crippen LogP contribution < -0.4 is 5.73 Å². The summed E-state index contributed by atoms with van der Waals surface area (Å²) in [5.41, 5.74) is 6.78. The van der Waals surface area contributed by atoms with E-state index < -0.39 is 0 Å². The van der Waals surface area contributed by atoms with Crippen molar-refractivity contribution in [3.8, 4) is 0 Å². The lowest BCUT2D eigenvalue weighted by atomic mass is 9.89. The Hall–Kier alpha value is -1.15. The van der Waals surface area contributed by atoms with Gasteiger partial charge >= 0.3 is 0 Å². The summed E-state index contributed by atoms with van der Waals surface area (Å²) in [6.45, 7) is 4.92. The molecule has 0 atom stereocenters. The van der Waals surface area contributed by atoms with Gasteiger partial charge in [0, 0.05) is 0 Å². The monoisotopic (exact) mass is 207 g/mol. The van der Waals surface area contributed by atoms with Crippen LogP contribution in [0.2, 0.25) is 0 Å². The molecule has 0 aliphatic carbocycles. The highest BCUT2D eigenvalue weighted by Gasteiger charge is 2.12. The maximum Gasteiger partial charge on any atom is 0.123 e. The third kappa shape index (κ3) is 4.26. The lowest BCUT2D eigenvalue weighted by Gasteiger charge is -2.19. The van der Waals surface area contributed by atoms with Crippen LogP contribution in [0.25, 0.3) is 6.08 Å². The van der Waals surface area contributed by atoms with Crippen molar-refractivity contribution >= 4 is 6.08 Å². The van der Waals surface area contributed by atoms with Crippen LogP contribution in [0.1, 0.15) is 25.8 Å². The van der Waals surface area contributed by atoms with E-state index in [1.165, 1.54) is 12.1 Å². The average molecular weight is 207 g/mol. The van der Waals surface area contributed by atoms with Gasteiger partial charge in [0.2, 0.25) is 0 Å². The first-order chi connectivity index (χ1) is 7.03. The first kappa shape index (κ1) is 11.9. The van der Waals surface area contributed by atoms with Crippen molar-refractivity contribution < 1.29 is 4.39 Å². The minimum absolute atomic E-state index is 0.135. The van der Waals surface area contributed by atoms with Crippen molar-refractivity contribution in [2.45, 2.75) is 20.3 Å². The normalized spacial score (nSPS) is 12.3. The molecule has 1 nitrogen and oxygen atoms in total. The second kappa shape index (κ2) is 5.08. The summed E-state index contributed by atoms with van der Waals surface area (Å²) in [7, 11) is 0. The van der Waals surface area contributed by atoms with Crippen LogP contribution in [0, 0.1) is 11.2 Å². The van der Waals surface area contributed by atoms with Crippen molar-refractivity contribution in [2.24, 2.45) is 11.1 Å². The van der Waals surface area contributed by atoms with Crippen LogP contribution in [-0.2, 0) is 0 Å². The fourth-order valence-electron chi connectivity index (χ4n) is 1.17. The van der Waals surface area contributed by atoms with E-state index in [0.29, 0.717) is 6.54 Å². The third-order valence-corrected chi connectivity index (χ3v) is 2.40. The minimum Gasteiger partial charge on any atom is -0.330 e. The second-order valence-corrected chi connectivity index (χ2v) is 4.53. The molecule has 1 rings (SSSR count). The number of benzene rings is 1. The van der Waals surface area contributed by atoms with Crippen molar-refractivity contribution in [3.05, 3.63) is 41.7 Å². The van der Waals surface area contributed by atoms with E-state index in [1.807, 2.05) is 6.08 Å². The molecule has 0 saturated carbocycles. The molecule has 2 N–H and O–H groups in total. The highest BCUT2D eigenvalue weighted by Crippen LogP contribution is 2.19. The molecule has 0 spiro atoms. The maximum absolute atomic E-state index is 12.6. The highest BCUT2D eigenvalue weighted by atomic mass is 19.1. The summed E-state index contributed by atoms with van der Waals surface area (Å²) >= 11 is 0. The highest BCUT2D eigenvalue weighted by molar-refractivity contribution is 5.48. The smallest absolute Gasteiger partial charge is 0.123 e. The standard InChI is InChI=1S/C13H18FN/c1-13(2,10-15)9-3-4-11-5-7-12(14)8-6-11/h3-8H,9-10,15H2,1-2H3/b4-3+. The van der Waals surface area contributed by atoms with E-state index in [9.17, 15) is 4.39 Å². The Morgan fingerprint density at radius 2 is 1.87 bits per heavy atom. The Labute approximate surface area is 90.8 Å². The van der Waals surface area contributed by atoms with Crippen LogP contribution in [0.4, 0.5) is 4.39 Å². The molecule has 0 aromatic heterocycles. The number of hydrogen-bond acceptors (Lipinski definition) is 1. The Kier molecular flexibility index (Phi) is 4.04. The zero-order valence-electron chi connectivity index (χ0n) is 9.33. The number of hydrogen-bond donors (Lipinski definition) is 1. The second-order valence-electron chi connectivity index (χ2n) is 4.53. The molecule has 1 aromatic rings. The summed E-state index contributed by atoms with van der Waals surface area (Å²) in [6, 6.07) is 6.46. The van der Waals surface area contributed by atoms with Gasteiger partial charge in [-0.05, 0) is 36.1 Å². The molecule has 0 heterocycles. The zero-order valence-corrected chi connectivity index (χ0v) is 9.33. The van der Waals surface area contributed by atoms with Gasteiger partial charge in [0.05, 0.1) is 0 Å². The van der Waals surface area contributed by atoms with Gasteiger partial charge in [-0.3, -0.25) is 0 Å². The molecule has 1 aromatic carbocycles. The van der Waals surface area contributed by atoms with Gasteiger partial charge in [-0.15, -0.1) is 0 Å². The fraction of sp³-hybridized carbons (Fsp3) is 0.385. The topological polar surface area (TPSA) is 26.0 Å².